The van der Waals surface area contributed by atoms with Gasteiger partial charge in [0.05, 0.1) is 22.5 Å². The number of amides is 1. The average molecular weight is 360 g/mol. The Morgan fingerprint density at radius 1 is 1.12 bits per heavy atom. The molecule has 5 nitrogen and oxygen atoms in total. The highest BCUT2D eigenvalue weighted by Gasteiger charge is 2.14. The first-order chi connectivity index (χ1) is 12.6. The fraction of sp³-hybridized carbons (Fsp3) is 0.100. The lowest BCUT2D eigenvalue weighted by atomic mass is 10.1. The molecule has 1 N–H and O–H groups in total. The second-order valence-corrected chi connectivity index (χ2v) is 6.91. The number of thiazole rings is 1. The molecule has 6 heteroatoms. The van der Waals surface area contributed by atoms with E-state index >= 15 is 0 Å². The summed E-state index contributed by atoms with van der Waals surface area (Å²) in [5, 5.41) is 6.29. The second-order valence-electron chi connectivity index (χ2n) is 6.05. The summed E-state index contributed by atoms with van der Waals surface area (Å²) in [4.78, 5) is 25.8. The monoisotopic (exact) mass is 360 g/mol. The summed E-state index contributed by atoms with van der Waals surface area (Å²) in [6.07, 6.45) is 3.47. The maximum absolute atomic E-state index is 12.7. The zero-order valence-corrected chi connectivity index (χ0v) is 15.2. The molecule has 4 aromatic rings. The molecule has 0 aliphatic heterocycles. The molecule has 1 aromatic carbocycles. The summed E-state index contributed by atoms with van der Waals surface area (Å²) in [5.41, 5.74) is 4.99. The predicted molar refractivity (Wildman–Crippen MR) is 105 cm³/mol. The van der Waals surface area contributed by atoms with E-state index in [9.17, 15) is 4.79 Å². The van der Waals surface area contributed by atoms with Gasteiger partial charge in [0.25, 0.3) is 5.91 Å². The van der Waals surface area contributed by atoms with Crippen LogP contribution < -0.4 is 5.32 Å². The third-order valence-corrected chi connectivity index (χ3v) is 4.85. The van der Waals surface area contributed by atoms with Gasteiger partial charge in [0.1, 0.15) is 0 Å². The number of benzene rings is 1. The van der Waals surface area contributed by atoms with Crippen molar-refractivity contribution in [3.8, 4) is 11.3 Å². The molecule has 0 unspecified atom stereocenters. The van der Waals surface area contributed by atoms with Crippen LogP contribution in [-0.2, 0) is 0 Å². The quantitative estimate of drug-likeness (QED) is 0.579. The zero-order valence-electron chi connectivity index (χ0n) is 14.4. The van der Waals surface area contributed by atoms with E-state index in [0.29, 0.717) is 16.4 Å². The third-order valence-electron chi connectivity index (χ3n) is 4.09. The maximum atomic E-state index is 12.7. The van der Waals surface area contributed by atoms with Gasteiger partial charge in [0.2, 0.25) is 0 Å². The van der Waals surface area contributed by atoms with Crippen molar-refractivity contribution in [3.05, 3.63) is 71.0 Å². The van der Waals surface area contributed by atoms with Crippen LogP contribution in [0, 0.1) is 13.8 Å². The lowest BCUT2D eigenvalue weighted by Gasteiger charge is -2.07. The summed E-state index contributed by atoms with van der Waals surface area (Å²) >= 11 is 1.39. The number of anilines is 1. The minimum Gasteiger partial charge on any atom is -0.298 e. The van der Waals surface area contributed by atoms with Gasteiger partial charge in [-0.25, -0.2) is 4.98 Å². The van der Waals surface area contributed by atoms with Gasteiger partial charge >= 0.3 is 0 Å². The number of carbonyl (C=O) groups excluding carboxylic acids is 1. The fourth-order valence-electron chi connectivity index (χ4n) is 2.76. The highest BCUT2D eigenvalue weighted by atomic mass is 32.1. The Kier molecular flexibility index (Phi) is 4.18. The third kappa shape index (κ3) is 3.19. The van der Waals surface area contributed by atoms with E-state index in [2.05, 4.69) is 20.3 Å². The van der Waals surface area contributed by atoms with Gasteiger partial charge in [-0.05, 0) is 44.2 Å². The molecule has 1 amide bonds. The molecular formula is C20H16N4OS. The number of rotatable bonds is 3. The number of nitrogens with zero attached hydrogens (tertiary/aromatic N) is 3. The Bertz CT molecular complexity index is 1110. The van der Waals surface area contributed by atoms with E-state index in [-0.39, 0.29) is 5.91 Å². The minimum atomic E-state index is -0.203. The van der Waals surface area contributed by atoms with E-state index in [1.165, 1.54) is 11.3 Å². The lowest BCUT2D eigenvalue weighted by Crippen LogP contribution is -2.14. The number of hydrogen-bond donors (Lipinski definition) is 1. The van der Waals surface area contributed by atoms with Crippen LogP contribution >= 0.6 is 11.3 Å². The van der Waals surface area contributed by atoms with Crippen LogP contribution in [0.15, 0.2) is 54.2 Å². The molecule has 0 saturated heterocycles. The summed E-state index contributed by atoms with van der Waals surface area (Å²) in [6.45, 7) is 3.87. The Morgan fingerprint density at radius 3 is 2.81 bits per heavy atom. The summed E-state index contributed by atoms with van der Waals surface area (Å²) in [5.74, 6) is -0.203. The first-order valence-electron chi connectivity index (χ1n) is 8.15. The minimum absolute atomic E-state index is 0.203. The van der Waals surface area contributed by atoms with Crippen molar-refractivity contribution in [2.24, 2.45) is 0 Å². The Balaban J connectivity index is 1.61. The lowest BCUT2D eigenvalue weighted by molar-refractivity contribution is 0.102. The summed E-state index contributed by atoms with van der Waals surface area (Å²) in [7, 11) is 0. The highest BCUT2D eigenvalue weighted by Crippen LogP contribution is 2.25. The summed E-state index contributed by atoms with van der Waals surface area (Å²) in [6, 6.07) is 11.7. The number of aryl methyl sites for hydroxylation is 2. The van der Waals surface area contributed by atoms with E-state index in [0.717, 1.165) is 27.7 Å². The first-order valence-corrected chi connectivity index (χ1v) is 9.03. The van der Waals surface area contributed by atoms with Gasteiger partial charge in [0.15, 0.2) is 5.13 Å². The molecule has 3 aromatic heterocycles. The molecular weight excluding hydrogens is 344 g/mol. The van der Waals surface area contributed by atoms with Crippen molar-refractivity contribution in [2.75, 3.05) is 5.32 Å². The van der Waals surface area contributed by atoms with E-state index in [1.807, 2.05) is 55.6 Å². The van der Waals surface area contributed by atoms with Crippen LogP contribution in [0.5, 0.6) is 0 Å². The number of aromatic nitrogens is 3. The molecule has 26 heavy (non-hydrogen) atoms. The molecule has 0 fully saturated rings. The Hall–Kier alpha value is -3.12. The van der Waals surface area contributed by atoms with Crippen LogP contribution in [-0.4, -0.2) is 20.9 Å². The van der Waals surface area contributed by atoms with Crippen molar-refractivity contribution in [3.63, 3.8) is 0 Å². The summed E-state index contributed by atoms with van der Waals surface area (Å²) < 4.78 is 0. The normalized spacial score (nSPS) is 10.8. The van der Waals surface area contributed by atoms with Crippen molar-refractivity contribution < 1.29 is 4.79 Å². The number of carbonyl (C=O) groups is 1. The van der Waals surface area contributed by atoms with Crippen molar-refractivity contribution in [1.82, 2.24) is 15.0 Å². The highest BCUT2D eigenvalue weighted by molar-refractivity contribution is 7.14. The van der Waals surface area contributed by atoms with Gasteiger partial charge < -0.3 is 0 Å². The Labute approximate surface area is 154 Å². The van der Waals surface area contributed by atoms with Gasteiger partial charge in [-0.3, -0.25) is 20.1 Å². The van der Waals surface area contributed by atoms with Crippen LogP contribution in [0.4, 0.5) is 5.13 Å². The van der Waals surface area contributed by atoms with Gasteiger partial charge in [-0.2, -0.15) is 0 Å². The molecule has 0 spiro atoms. The van der Waals surface area contributed by atoms with E-state index in [1.54, 1.807) is 12.4 Å². The van der Waals surface area contributed by atoms with E-state index in [4.69, 9.17) is 0 Å². The van der Waals surface area contributed by atoms with Crippen LogP contribution in [0.25, 0.3) is 22.2 Å². The molecule has 0 saturated carbocycles. The zero-order chi connectivity index (χ0) is 18.1. The second kappa shape index (κ2) is 6.65. The van der Waals surface area contributed by atoms with Gasteiger partial charge in [-0.1, -0.05) is 11.6 Å². The average Bonchev–Trinajstić information content (AvgIpc) is 3.10. The molecule has 0 bridgehead atoms. The number of pyridine rings is 2. The number of fused-ring (bicyclic) bond motifs is 1. The molecule has 0 radical (unpaired) electrons. The van der Waals surface area contributed by atoms with Crippen molar-refractivity contribution in [1.29, 1.82) is 0 Å². The molecule has 0 aliphatic carbocycles. The van der Waals surface area contributed by atoms with Crippen LogP contribution in [0.1, 0.15) is 21.6 Å². The van der Waals surface area contributed by atoms with Gasteiger partial charge in [-0.15, -0.1) is 11.3 Å². The molecule has 0 aliphatic rings. The maximum Gasteiger partial charge on any atom is 0.259 e. The Morgan fingerprint density at radius 2 is 2.00 bits per heavy atom. The molecule has 0 atom stereocenters. The smallest absolute Gasteiger partial charge is 0.259 e. The van der Waals surface area contributed by atoms with E-state index < -0.39 is 0 Å². The van der Waals surface area contributed by atoms with Gasteiger partial charge in [0, 0.05) is 28.7 Å². The standard InChI is InChI=1S/C20H16N4OS/c1-12-5-6-17-15(8-12)9-16(13(2)22-17)19(25)24-20-23-18(11-26-20)14-4-3-7-21-10-14/h3-11H,1-2H3,(H,23,24,25). The number of hydrogen-bond acceptors (Lipinski definition) is 5. The molecule has 128 valence electrons. The largest absolute Gasteiger partial charge is 0.298 e. The molecule has 4 rings (SSSR count). The topological polar surface area (TPSA) is 67.8 Å². The predicted octanol–water partition coefficient (Wildman–Crippen LogP) is 4.62. The fourth-order valence-corrected chi connectivity index (χ4v) is 3.48. The van der Waals surface area contributed by atoms with Crippen molar-refractivity contribution >= 4 is 33.3 Å². The number of nitrogens with one attached hydrogen (secondary N) is 1. The first kappa shape index (κ1) is 16.4. The van der Waals surface area contributed by atoms with Crippen molar-refractivity contribution in [2.45, 2.75) is 13.8 Å². The SMILES string of the molecule is Cc1ccc2nc(C)c(C(=O)Nc3nc(-c4cccnc4)cs3)cc2c1. The molecule has 3 heterocycles. The van der Waals surface area contributed by atoms with Crippen LogP contribution in [0.2, 0.25) is 0 Å². The van der Waals surface area contributed by atoms with Crippen LogP contribution in [0.3, 0.4) is 0 Å².